The lowest BCUT2D eigenvalue weighted by molar-refractivity contribution is -0.148. The molecule has 2 N–H and O–H groups in total. The summed E-state index contributed by atoms with van der Waals surface area (Å²) in [5.41, 5.74) is -0.515. The summed E-state index contributed by atoms with van der Waals surface area (Å²) in [7, 11) is 0. The van der Waals surface area contributed by atoms with Crippen LogP contribution in [-0.4, -0.2) is 47.1 Å². The smallest absolute Gasteiger partial charge is 0.329 e. The van der Waals surface area contributed by atoms with E-state index in [9.17, 15) is 9.59 Å². The van der Waals surface area contributed by atoms with Crippen LogP contribution in [0.1, 0.15) is 40.0 Å². The van der Waals surface area contributed by atoms with Crippen LogP contribution in [0.15, 0.2) is 0 Å². The SMILES string of the molecule is CCC(C)(CCC(=O)O)OCC(C)OCC(=O)O. The van der Waals surface area contributed by atoms with E-state index in [0.717, 1.165) is 0 Å². The highest BCUT2D eigenvalue weighted by Gasteiger charge is 2.24. The minimum absolute atomic E-state index is 0.0503. The predicted molar refractivity (Wildman–Crippen MR) is 64.6 cm³/mol. The van der Waals surface area contributed by atoms with Gasteiger partial charge in [-0.05, 0) is 26.7 Å². The second-order valence-electron chi connectivity index (χ2n) is 4.52. The van der Waals surface area contributed by atoms with Crippen molar-refractivity contribution >= 4 is 11.9 Å². The summed E-state index contributed by atoms with van der Waals surface area (Å²) in [6, 6.07) is 0. The summed E-state index contributed by atoms with van der Waals surface area (Å²) in [5, 5.41) is 17.1. The van der Waals surface area contributed by atoms with Crippen LogP contribution in [0.2, 0.25) is 0 Å². The van der Waals surface area contributed by atoms with Crippen molar-refractivity contribution in [1.29, 1.82) is 0 Å². The molecule has 0 fully saturated rings. The largest absolute Gasteiger partial charge is 0.481 e. The molecule has 6 nitrogen and oxygen atoms in total. The van der Waals surface area contributed by atoms with Crippen molar-refractivity contribution in [1.82, 2.24) is 0 Å². The van der Waals surface area contributed by atoms with E-state index in [1.807, 2.05) is 13.8 Å². The first-order valence-electron chi connectivity index (χ1n) is 5.98. The summed E-state index contributed by atoms with van der Waals surface area (Å²) in [6.07, 6.45) is 0.822. The molecule has 0 aromatic rings. The summed E-state index contributed by atoms with van der Waals surface area (Å²) in [5.74, 6) is -1.88. The molecule has 0 aliphatic rings. The molecule has 0 rings (SSSR count). The van der Waals surface area contributed by atoms with Crippen molar-refractivity contribution in [3.63, 3.8) is 0 Å². The van der Waals surface area contributed by atoms with Gasteiger partial charge in [0.15, 0.2) is 0 Å². The molecule has 106 valence electrons. The molecule has 0 aliphatic heterocycles. The normalized spacial score (nSPS) is 15.9. The van der Waals surface area contributed by atoms with E-state index in [2.05, 4.69) is 0 Å². The highest BCUT2D eigenvalue weighted by molar-refractivity contribution is 5.68. The minimum atomic E-state index is -1.02. The van der Waals surface area contributed by atoms with Gasteiger partial charge in [0.25, 0.3) is 0 Å². The summed E-state index contributed by atoms with van der Waals surface area (Å²) >= 11 is 0. The van der Waals surface area contributed by atoms with Crippen molar-refractivity contribution in [2.24, 2.45) is 0 Å². The summed E-state index contributed by atoms with van der Waals surface area (Å²) in [4.78, 5) is 20.8. The third kappa shape index (κ3) is 8.03. The Balaban J connectivity index is 4.03. The third-order valence-electron chi connectivity index (χ3n) is 2.77. The average Bonchev–Trinajstić information content (AvgIpc) is 2.31. The van der Waals surface area contributed by atoms with Crippen LogP contribution in [0, 0.1) is 0 Å². The van der Waals surface area contributed by atoms with Crippen molar-refractivity contribution in [3.05, 3.63) is 0 Å². The first-order chi connectivity index (χ1) is 8.29. The molecule has 18 heavy (non-hydrogen) atoms. The number of rotatable bonds is 10. The first-order valence-corrected chi connectivity index (χ1v) is 5.98. The number of carbonyl (C=O) groups is 2. The number of carboxylic acids is 2. The van der Waals surface area contributed by atoms with Gasteiger partial charge in [-0.1, -0.05) is 6.92 Å². The van der Waals surface area contributed by atoms with Crippen LogP contribution in [0.25, 0.3) is 0 Å². The van der Waals surface area contributed by atoms with Gasteiger partial charge in [0.2, 0.25) is 0 Å². The van der Waals surface area contributed by atoms with E-state index in [0.29, 0.717) is 12.8 Å². The molecule has 0 radical (unpaired) electrons. The molecular weight excluding hydrogens is 240 g/mol. The van der Waals surface area contributed by atoms with Crippen LogP contribution < -0.4 is 0 Å². The second-order valence-corrected chi connectivity index (χ2v) is 4.52. The van der Waals surface area contributed by atoms with Gasteiger partial charge in [-0.25, -0.2) is 4.79 Å². The standard InChI is InChI=1S/C12H22O6/c1-4-12(3,6-5-10(13)14)18-7-9(2)17-8-11(15)16/h9H,4-8H2,1-3H3,(H,13,14)(H,15,16). The molecule has 0 aliphatic carbocycles. The summed E-state index contributed by atoms with van der Waals surface area (Å²) in [6.45, 7) is 5.38. The number of carboxylic acid groups (broad SMARTS) is 2. The maximum atomic E-state index is 10.5. The highest BCUT2D eigenvalue weighted by atomic mass is 16.6. The van der Waals surface area contributed by atoms with Crippen molar-refractivity contribution in [3.8, 4) is 0 Å². The maximum Gasteiger partial charge on any atom is 0.329 e. The fourth-order valence-electron chi connectivity index (χ4n) is 1.30. The molecular formula is C12H22O6. The van der Waals surface area contributed by atoms with Crippen LogP contribution in [0.5, 0.6) is 0 Å². The topological polar surface area (TPSA) is 93.1 Å². The number of hydrogen-bond acceptors (Lipinski definition) is 4. The Bertz CT molecular complexity index is 278. The monoisotopic (exact) mass is 262 g/mol. The zero-order valence-electron chi connectivity index (χ0n) is 11.1. The van der Waals surface area contributed by atoms with Crippen LogP contribution in [0.4, 0.5) is 0 Å². The van der Waals surface area contributed by atoms with E-state index in [1.54, 1.807) is 6.92 Å². The molecule has 0 aromatic heterocycles. The van der Waals surface area contributed by atoms with Gasteiger partial charge in [0.05, 0.1) is 18.3 Å². The number of hydrogen-bond donors (Lipinski definition) is 2. The summed E-state index contributed by atoms with van der Waals surface area (Å²) < 4.78 is 10.7. The Morgan fingerprint density at radius 1 is 1.28 bits per heavy atom. The Labute approximate surface area is 107 Å². The van der Waals surface area contributed by atoms with E-state index >= 15 is 0 Å². The number of aliphatic carboxylic acids is 2. The molecule has 0 aromatic carbocycles. The second kappa shape index (κ2) is 8.05. The van der Waals surface area contributed by atoms with E-state index in [1.165, 1.54) is 0 Å². The van der Waals surface area contributed by atoms with Crippen molar-refractivity contribution in [2.75, 3.05) is 13.2 Å². The zero-order chi connectivity index (χ0) is 14.2. The fourth-order valence-corrected chi connectivity index (χ4v) is 1.30. The lowest BCUT2D eigenvalue weighted by atomic mass is 9.97. The molecule has 0 bridgehead atoms. The minimum Gasteiger partial charge on any atom is -0.481 e. The average molecular weight is 262 g/mol. The van der Waals surface area contributed by atoms with Crippen molar-refractivity contribution in [2.45, 2.75) is 51.7 Å². The van der Waals surface area contributed by atoms with Gasteiger partial charge in [0, 0.05) is 6.42 Å². The molecule has 0 heterocycles. The van der Waals surface area contributed by atoms with Gasteiger partial charge in [-0.2, -0.15) is 0 Å². The third-order valence-corrected chi connectivity index (χ3v) is 2.77. The fraction of sp³-hybridized carbons (Fsp3) is 0.833. The predicted octanol–water partition coefficient (Wildman–Crippen LogP) is 1.53. The van der Waals surface area contributed by atoms with Gasteiger partial charge in [0.1, 0.15) is 6.61 Å². The lowest BCUT2D eigenvalue weighted by Gasteiger charge is -2.29. The lowest BCUT2D eigenvalue weighted by Crippen LogP contribution is -2.33. The van der Waals surface area contributed by atoms with Crippen LogP contribution >= 0.6 is 0 Å². The highest BCUT2D eigenvalue weighted by Crippen LogP contribution is 2.22. The number of ether oxygens (including phenoxy) is 2. The Hall–Kier alpha value is -1.14. The first kappa shape index (κ1) is 16.9. The maximum absolute atomic E-state index is 10.5. The van der Waals surface area contributed by atoms with Crippen molar-refractivity contribution < 1.29 is 29.3 Å². The van der Waals surface area contributed by atoms with E-state index < -0.39 is 17.5 Å². The van der Waals surface area contributed by atoms with Gasteiger partial charge in [-0.3, -0.25) is 4.79 Å². The van der Waals surface area contributed by atoms with Crippen LogP contribution in [-0.2, 0) is 19.1 Å². The molecule has 0 spiro atoms. The Morgan fingerprint density at radius 3 is 2.33 bits per heavy atom. The molecule has 2 unspecified atom stereocenters. The van der Waals surface area contributed by atoms with E-state index in [-0.39, 0.29) is 25.7 Å². The van der Waals surface area contributed by atoms with Gasteiger partial charge in [-0.15, -0.1) is 0 Å². The van der Waals surface area contributed by atoms with Gasteiger partial charge >= 0.3 is 11.9 Å². The van der Waals surface area contributed by atoms with Gasteiger partial charge < -0.3 is 19.7 Å². The van der Waals surface area contributed by atoms with Crippen LogP contribution in [0.3, 0.4) is 0 Å². The molecule has 0 amide bonds. The molecule has 0 saturated carbocycles. The molecule has 0 saturated heterocycles. The Morgan fingerprint density at radius 2 is 1.89 bits per heavy atom. The van der Waals surface area contributed by atoms with E-state index in [4.69, 9.17) is 19.7 Å². The zero-order valence-corrected chi connectivity index (χ0v) is 11.1. The quantitative estimate of drug-likeness (QED) is 0.620. The molecule has 6 heteroatoms. The molecule has 2 atom stereocenters. The Kier molecular flexibility index (Phi) is 7.54.